The first kappa shape index (κ1) is 10.0. The summed E-state index contributed by atoms with van der Waals surface area (Å²) in [6.07, 6.45) is 2.98. The first-order valence-corrected chi connectivity index (χ1v) is 6.16. The van der Waals surface area contributed by atoms with Crippen molar-refractivity contribution in [2.75, 3.05) is 13.1 Å². The highest BCUT2D eigenvalue weighted by atomic mass is 16.1. The number of hydrogen-bond donors (Lipinski definition) is 0. The molecule has 16 heavy (non-hydrogen) atoms. The lowest BCUT2D eigenvalue weighted by Crippen LogP contribution is -2.46. The molecule has 2 bridgehead atoms. The van der Waals surface area contributed by atoms with Gasteiger partial charge in [-0.3, -0.25) is 9.69 Å². The van der Waals surface area contributed by atoms with Crippen molar-refractivity contribution in [3.05, 3.63) is 35.9 Å². The zero-order chi connectivity index (χ0) is 11.0. The minimum atomic E-state index is 0.328. The van der Waals surface area contributed by atoms with Crippen molar-refractivity contribution in [1.82, 2.24) is 4.90 Å². The van der Waals surface area contributed by atoms with Gasteiger partial charge in [0, 0.05) is 31.5 Å². The lowest BCUT2D eigenvalue weighted by molar-refractivity contribution is -0.129. The molecule has 0 radical (unpaired) electrons. The molecule has 2 aliphatic rings. The van der Waals surface area contributed by atoms with Gasteiger partial charge in [0.15, 0.2) is 0 Å². The van der Waals surface area contributed by atoms with Gasteiger partial charge in [-0.2, -0.15) is 0 Å². The minimum absolute atomic E-state index is 0.328. The van der Waals surface area contributed by atoms with Crippen LogP contribution in [0.3, 0.4) is 0 Å². The minimum Gasteiger partial charge on any atom is -0.299 e. The maximum atomic E-state index is 11.6. The van der Waals surface area contributed by atoms with E-state index >= 15 is 0 Å². The Morgan fingerprint density at radius 1 is 1.12 bits per heavy atom. The van der Waals surface area contributed by atoms with E-state index in [1.54, 1.807) is 0 Å². The van der Waals surface area contributed by atoms with Crippen LogP contribution in [-0.2, 0) is 4.79 Å². The maximum Gasteiger partial charge on any atom is 0.138 e. The number of ketones is 1. The second-order valence-electron chi connectivity index (χ2n) is 4.91. The van der Waals surface area contributed by atoms with Crippen molar-refractivity contribution in [3.63, 3.8) is 0 Å². The fourth-order valence-corrected chi connectivity index (χ4v) is 3.06. The number of carbonyl (C=O) groups excluding carboxylic acids is 1. The molecule has 3 atom stereocenters. The summed E-state index contributed by atoms with van der Waals surface area (Å²) in [5.74, 6) is 0.816. The molecule has 2 heterocycles. The highest BCUT2D eigenvalue weighted by Crippen LogP contribution is 2.36. The molecule has 2 nitrogen and oxygen atoms in total. The first-order valence-electron chi connectivity index (χ1n) is 6.16. The van der Waals surface area contributed by atoms with Crippen LogP contribution in [0.4, 0.5) is 0 Å². The largest absolute Gasteiger partial charge is 0.299 e. The number of carbonyl (C=O) groups is 1. The zero-order valence-corrected chi connectivity index (χ0v) is 9.43. The molecule has 0 spiro atoms. The lowest BCUT2D eigenvalue weighted by Gasteiger charge is -2.42. The van der Waals surface area contributed by atoms with E-state index in [-0.39, 0.29) is 0 Å². The second-order valence-corrected chi connectivity index (χ2v) is 4.91. The van der Waals surface area contributed by atoms with Gasteiger partial charge in [0.05, 0.1) is 0 Å². The Bertz CT molecular complexity index is 387. The number of rotatable bonds is 1. The van der Waals surface area contributed by atoms with Crippen LogP contribution < -0.4 is 0 Å². The SMILES string of the molecule is O=C1CCN2C[C@H]1CC[C@H]2c1ccccc1. The van der Waals surface area contributed by atoms with Crippen LogP contribution in [0.1, 0.15) is 30.9 Å². The Kier molecular flexibility index (Phi) is 2.52. The third-order valence-electron chi connectivity index (χ3n) is 3.97. The normalized spacial score (nSPS) is 33.8. The third kappa shape index (κ3) is 1.67. The fraction of sp³-hybridized carbons (Fsp3) is 0.500. The zero-order valence-electron chi connectivity index (χ0n) is 9.43. The molecular formula is C14H17NO. The standard InChI is InChI=1S/C14H17NO/c16-14-8-9-15-10-12(14)6-7-13(15)11-4-2-1-3-5-11/h1-5,12-13H,6-10H2/t12-,13+/m1/s1. The van der Waals surface area contributed by atoms with Gasteiger partial charge < -0.3 is 0 Å². The van der Waals surface area contributed by atoms with Crippen molar-refractivity contribution >= 4 is 5.78 Å². The van der Waals surface area contributed by atoms with Crippen LogP contribution in [0.15, 0.2) is 30.3 Å². The molecule has 2 heteroatoms. The van der Waals surface area contributed by atoms with Crippen molar-refractivity contribution in [2.24, 2.45) is 5.92 Å². The monoisotopic (exact) mass is 215 g/mol. The van der Waals surface area contributed by atoms with Crippen LogP contribution >= 0.6 is 0 Å². The van der Waals surface area contributed by atoms with Gasteiger partial charge in [-0.15, -0.1) is 0 Å². The summed E-state index contributed by atoms with van der Waals surface area (Å²) in [6.45, 7) is 1.94. The van der Waals surface area contributed by atoms with Crippen molar-refractivity contribution in [3.8, 4) is 0 Å². The Hall–Kier alpha value is -1.15. The van der Waals surface area contributed by atoms with Gasteiger partial charge in [-0.1, -0.05) is 30.3 Å². The van der Waals surface area contributed by atoms with Crippen LogP contribution in [0.5, 0.6) is 0 Å². The van der Waals surface area contributed by atoms with E-state index in [4.69, 9.17) is 0 Å². The molecule has 1 unspecified atom stereocenters. The fourth-order valence-electron chi connectivity index (χ4n) is 3.06. The van der Waals surface area contributed by atoms with Crippen molar-refractivity contribution < 1.29 is 4.79 Å². The predicted molar refractivity (Wildman–Crippen MR) is 63.1 cm³/mol. The quantitative estimate of drug-likeness (QED) is 0.717. The van der Waals surface area contributed by atoms with E-state index in [2.05, 4.69) is 35.2 Å². The number of benzene rings is 1. The summed E-state index contributed by atoms with van der Waals surface area (Å²) in [5, 5.41) is 0. The summed E-state index contributed by atoms with van der Waals surface area (Å²) in [5.41, 5.74) is 1.41. The van der Waals surface area contributed by atoms with Crippen molar-refractivity contribution in [2.45, 2.75) is 25.3 Å². The van der Waals surface area contributed by atoms with E-state index in [9.17, 15) is 4.79 Å². The molecule has 0 saturated carbocycles. The molecular weight excluding hydrogens is 198 g/mol. The Morgan fingerprint density at radius 3 is 2.75 bits per heavy atom. The predicted octanol–water partition coefficient (Wildman–Crippen LogP) is 2.41. The summed E-state index contributed by atoms with van der Waals surface area (Å²) in [6, 6.07) is 11.2. The maximum absolute atomic E-state index is 11.6. The number of fused-ring (bicyclic) bond motifs is 2. The van der Waals surface area contributed by atoms with Crippen molar-refractivity contribution in [1.29, 1.82) is 0 Å². The molecule has 1 aromatic rings. The lowest BCUT2D eigenvalue weighted by atomic mass is 9.82. The molecule has 0 N–H and O–H groups in total. The van der Waals surface area contributed by atoms with E-state index in [0.29, 0.717) is 17.7 Å². The summed E-state index contributed by atoms with van der Waals surface area (Å²) in [7, 11) is 0. The molecule has 0 aromatic heterocycles. The summed E-state index contributed by atoms with van der Waals surface area (Å²) in [4.78, 5) is 14.1. The van der Waals surface area contributed by atoms with Gasteiger partial charge in [-0.05, 0) is 18.4 Å². The highest BCUT2D eigenvalue weighted by molar-refractivity contribution is 5.82. The molecule has 2 fully saturated rings. The molecule has 3 rings (SSSR count). The van der Waals surface area contributed by atoms with Crippen LogP contribution in [-0.4, -0.2) is 23.8 Å². The van der Waals surface area contributed by atoms with Crippen LogP contribution in [0, 0.1) is 5.92 Å². The average Bonchev–Trinajstić information content (AvgIpc) is 2.35. The molecule has 1 aromatic carbocycles. The number of nitrogens with zero attached hydrogens (tertiary/aromatic N) is 1. The molecule has 2 aliphatic heterocycles. The van der Waals surface area contributed by atoms with E-state index in [1.807, 2.05) is 0 Å². The molecule has 84 valence electrons. The van der Waals surface area contributed by atoms with Gasteiger partial charge in [-0.25, -0.2) is 0 Å². The van der Waals surface area contributed by atoms with E-state index < -0.39 is 0 Å². The molecule has 0 aliphatic carbocycles. The van der Waals surface area contributed by atoms with E-state index in [0.717, 1.165) is 32.4 Å². The number of Topliss-reactive ketones (excluding diaryl/α,β-unsaturated/α-hetero) is 1. The first-order chi connectivity index (χ1) is 7.84. The van der Waals surface area contributed by atoms with Gasteiger partial charge in [0.1, 0.15) is 5.78 Å². The van der Waals surface area contributed by atoms with Gasteiger partial charge in [0.25, 0.3) is 0 Å². The average molecular weight is 215 g/mol. The number of piperidine rings is 2. The molecule has 2 saturated heterocycles. The molecule has 0 amide bonds. The Morgan fingerprint density at radius 2 is 1.94 bits per heavy atom. The Labute approximate surface area is 96.3 Å². The highest BCUT2D eigenvalue weighted by Gasteiger charge is 2.36. The van der Waals surface area contributed by atoms with Crippen LogP contribution in [0.25, 0.3) is 0 Å². The van der Waals surface area contributed by atoms with E-state index in [1.165, 1.54) is 5.56 Å². The smallest absolute Gasteiger partial charge is 0.138 e. The van der Waals surface area contributed by atoms with Crippen LogP contribution in [0.2, 0.25) is 0 Å². The summed E-state index contributed by atoms with van der Waals surface area (Å²) < 4.78 is 0. The number of hydrogen-bond acceptors (Lipinski definition) is 2. The van der Waals surface area contributed by atoms with Gasteiger partial charge in [0.2, 0.25) is 0 Å². The summed E-state index contributed by atoms with van der Waals surface area (Å²) >= 11 is 0. The third-order valence-corrected chi connectivity index (χ3v) is 3.97. The van der Waals surface area contributed by atoms with Gasteiger partial charge >= 0.3 is 0 Å². The topological polar surface area (TPSA) is 20.3 Å². The second kappa shape index (κ2) is 4.02. The Balaban J connectivity index is 1.82.